The molecular weight excluding hydrogens is 422 g/mol. The van der Waals surface area contributed by atoms with E-state index < -0.39 is 35.1 Å². The Labute approximate surface area is 173 Å². The molecule has 3 rings (SSSR count). The summed E-state index contributed by atoms with van der Waals surface area (Å²) in [7, 11) is 0. The lowest BCUT2D eigenvalue weighted by atomic mass is 10.1. The third-order valence-corrected chi connectivity index (χ3v) is 4.84. The molecule has 1 atom stereocenters. The van der Waals surface area contributed by atoms with E-state index >= 15 is 0 Å². The normalized spacial score (nSPS) is 12.7. The van der Waals surface area contributed by atoms with E-state index in [1.807, 2.05) is 6.92 Å². The topological polar surface area (TPSA) is 191 Å². The number of aryl methyl sites for hydroxylation is 1. The van der Waals surface area contributed by atoms with Crippen LogP contribution in [0.1, 0.15) is 17.4 Å². The number of nitrogens with two attached hydrogens (primary N) is 1. The van der Waals surface area contributed by atoms with E-state index in [-0.39, 0.29) is 23.7 Å². The largest absolute Gasteiger partial charge is 0.481 e. The van der Waals surface area contributed by atoms with E-state index in [4.69, 9.17) is 30.5 Å². The molecule has 1 aromatic heterocycles. The fourth-order valence-electron chi connectivity index (χ4n) is 2.40. The molecule has 0 fully saturated rings. The van der Waals surface area contributed by atoms with E-state index in [2.05, 4.69) is 5.10 Å². The minimum absolute atomic E-state index is 0.0885. The van der Waals surface area contributed by atoms with Crippen LogP contribution in [-0.4, -0.2) is 67.3 Å². The van der Waals surface area contributed by atoms with Gasteiger partial charge >= 0.3 is 17.9 Å². The third-order valence-electron chi connectivity index (χ3n) is 3.79. The van der Waals surface area contributed by atoms with Gasteiger partial charge in [-0.1, -0.05) is 0 Å². The number of thioether (sulfide) groups is 1. The molecule has 12 nitrogen and oxygen atoms in total. The Bertz CT molecular complexity index is 1040. The number of carbonyl (C=O) groups is 3. The van der Waals surface area contributed by atoms with Gasteiger partial charge in [-0.2, -0.15) is 5.10 Å². The van der Waals surface area contributed by atoms with Crippen LogP contribution in [0.4, 0.5) is 0 Å². The number of aliphatic carboxylic acids is 2. The van der Waals surface area contributed by atoms with Gasteiger partial charge in [-0.05, 0) is 13.0 Å². The molecule has 0 saturated carbocycles. The Morgan fingerprint density at radius 2 is 1.87 bits per heavy atom. The van der Waals surface area contributed by atoms with Crippen LogP contribution in [0, 0.1) is 0 Å². The van der Waals surface area contributed by atoms with Gasteiger partial charge in [0.2, 0.25) is 17.9 Å². The summed E-state index contributed by atoms with van der Waals surface area (Å²) < 4.78 is 11.9. The number of aromatic carboxylic acids is 1. The molecule has 0 radical (unpaired) electrons. The van der Waals surface area contributed by atoms with Crippen molar-refractivity contribution in [3.8, 4) is 11.5 Å². The molecule has 2 heterocycles. The predicted molar refractivity (Wildman–Crippen MR) is 105 cm³/mol. The summed E-state index contributed by atoms with van der Waals surface area (Å²) in [6, 6.07) is 2.17. The van der Waals surface area contributed by atoms with Gasteiger partial charge in [-0.15, -0.1) is 11.8 Å². The second-order valence-corrected chi connectivity index (χ2v) is 6.91. The number of rotatable bonds is 7. The molecule has 2 aromatic rings. The minimum Gasteiger partial charge on any atom is -0.481 e. The summed E-state index contributed by atoms with van der Waals surface area (Å²) in [5.41, 5.74) is 4.51. The molecule has 162 valence electrons. The maximum Gasteiger partial charge on any atom is 0.360 e. The molecule has 0 saturated heterocycles. The first-order valence-electron chi connectivity index (χ1n) is 8.51. The summed E-state index contributed by atoms with van der Waals surface area (Å²) >= 11 is 0.992. The highest BCUT2D eigenvalue weighted by Gasteiger charge is 2.21. The van der Waals surface area contributed by atoms with Crippen molar-refractivity contribution in [2.45, 2.75) is 19.5 Å². The Balaban J connectivity index is 0.000000252. The van der Waals surface area contributed by atoms with Gasteiger partial charge in [0, 0.05) is 18.4 Å². The number of carboxylic acids is 3. The second kappa shape index (κ2) is 9.93. The second-order valence-electron chi connectivity index (χ2n) is 5.87. The van der Waals surface area contributed by atoms with Crippen LogP contribution in [0.25, 0.3) is 10.9 Å². The average molecular weight is 441 g/mol. The molecule has 5 N–H and O–H groups in total. The van der Waals surface area contributed by atoms with Gasteiger partial charge in [0.1, 0.15) is 6.04 Å². The van der Waals surface area contributed by atoms with Gasteiger partial charge in [0.15, 0.2) is 11.5 Å². The van der Waals surface area contributed by atoms with Crippen molar-refractivity contribution in [3.05, 3.63) is 28.0 Å². The Morgan fingerprint density at radius 3 is 2.40 bits per heavy atom. The van der Waals surface area contributed by atoms with Crippen LogP contribution < -0.4 is 20.6 Å². The fraction of sp³-hybridized carbons (Fsp3) is 0.353. The first-order valence-corrected chi connectivity index (χ1v) is 9.66. The first kappa shape index (κ1) is 23.0. The van der Waals surface area contributed by atoms with Gasteiger partial charge in [0.05, 0.1) is 16.7 Å². The van der Waals surface area contributed by atoms with Crippen molar-refractivity contribution in [1.82, 2.24) is 9.78 Å². The van der Waals surface area contributed by atoms with E-state index in [1.54, 1.807) is 6.07 Å². The van der Waals surface area contributed by atoms with Crippen molar-refractivity contribution < 1.29 is 39.2 Å². The van der Waals surface area contributed by atoms with Gasteiger partial charge in [-0.3, -0.25) is 19.1 Å². The van der Waals surface area contributed by atoms with Gasteiger partial charge in [0.25, 0.3) is 0 Å². The molecule has 1 aromatic carbocycles. The SMILES string of the molecule is CCn1nc(C(=O)O)c(=O)c2cc3c(cc21)OCO3.NC(CSCC(=O)O)C(=O)O. The van der Waals surface area contributed by atoms with Crippen molar-refractivity contribution >= 4 is 40.6 Å². The molecule has 1 aliphatic heterocycles. The zero-order valence-corrected chi connectivity index (χ0v) is 16.5. The van der Waals surface area contributed by atoms with E-state index in [1.165, 1.54) is 10.7 Å². The number of ether oxygens (including phenoxy) is 2. The lowest BCUT2D eigenvalue weighted by Gasteiger charge is -2.09. The number of nitrogens with zero attached hydrogens (tertiary/aromatic N) is 2. The molecule has 0 spiro atoms. The first-order chi connectivity index (χ1) is 14.1. The number of fused-ring (bicyclic) bond motifs is 2. The molecule has 0 aliphatic carbocycles. The van der Waals surface area contributed by atoms with Crippen molar-refractivity contribution in [3.63, 3.8) is 0 Å². The minimum atomic E-state index is -1.34. The molecule has 1 aliphatic rings. The monoisotopic (exact) mass is 441 g/mol. The van der Waals surface area contributed by atoms with Crippen LogP contribution >= 0.6 is 11.8 Å². The van der Waals surface area contributed by atoms with Crippen molar-refractivity contribution in [1.29, 1.82) is 0 Å². The summed E-state index contributed by atoms with van der Waals surface area (Å²) in [6.07, 6.45) is 0. The lowest BCUT2D eigenvalue weighted by molar-refractivity contribution is -0.138. The summed E-state index contributed by atoms with van der Waals surface area (Å²) in [6.45, 7) is 2.34. The van der Waals surface area contributed by atoms with Crippen molar-refractivity contribution in [2.75, 3.05) is 18.3 Å². The molecule has 30 heavy (non-hydrogen) atoms. The van der Waals surface area contributed by atoms with Crippen LogP contribution in [-0.2, 0) is 16.1 Å². The standard InChI is InChI=1S/C12H10N2O5.C5H9NO4S/c1-2-14-7-4-9-8(18-5-19-9)3-6(7)11(15)10(13-14)12(16)17;6-3(5(9)10)1-11-2-4(7)8/h3-4H,2,5H2,1H3,(H,16,17);3H,1-2,6H2,(H,7,8)(H,9,10). The summed E-state index contributed by atoms with van der Waals surface area (Å²) in [4.78, 5) is 43.2. The quantitative estimate of drug-likeness (QED) is 0.452. The number of benzene rings is 1. The number of hydrogen-bond donors (Lipinski definition) is 4. The van der Waals surface area contributed by atoms with Gasteiger partial charge in [-0.25, -0.2) is 4.79 Å². The Morgan fingerprint density at radius 1 is 1.23 bits per heavy atom. The molecule has 1 unspecified atom stereocenters. The van der Waals surface area contributed by atoms with Crippen LogP contribution in [0.15, 0.2) is 16.9 Å². The Hall–Kier alpha value is -3.32. The van der Waals surface area contributed by atoms with E-state index in [9.17, 15) is 19.2 Å². The van der Waals surface area contributed by atoms with E-state index in [0.29, 0.717) is 23.6 Å². The zero-order chi connectivity index (χ0) is 22.4. The highest BCUT2D eigenvalue weighted by molar-refractivity contribution is 8.00. The molecule has 13 heteroatoms. The predicted octanol–water partition coefficient (Wildman–Crippen LogP) is 0.0594. The number of hydrogen-bond acceptors (Lipinski definition) is 9. The highest BCUT2D eigenvalue weighted by Crippen LogP contribution is 2.34. The van der Waals surface area contributed by atoms with Crippen LogP contribution in [0.5, 0.6) is 11.5 Å². The zero-order valence-electron chi connectivity index (χ0n) is 15.7. The van der Waals surface area contributed by atoms with Crippen LogP contribution in [0.2, 0.25) is 0 Å². The summed E-state index contributed by atoms with van der Waals surface area (Å²) in [5, 5.41) is 29.5. The molecule has 0 bridgehead atoms. The van der Waals surface area contributed by atoms with Crippen molar-refractivity contribution in [2.24, 2.45) is 5.73 Å². The number of carboxylic acid groups (broad SMARTS) is 3. The highest BCUT2D eigenvalue weighted by atomic mass is 32.2. The van der Waals surface area contributed by atoms with E-state index in [0.717, 1.165) is 11.8 Å². The maximum absolute atomic E-state index is 12.1. The summed E-state index contributed by atoms with van der Waals surface area (Å²) in [5.74, 6) is -2.43. The number of aromatic nitrogens is 2. The Kier molecular flexibility index (Phi) is 7.60. The molecule has 0 amide bonds. The smallest absolute Gasteiger partial charge is 0.360 e. The maximum atomic E-state index is 12.1. The average Bonchev–Trinajstić information content (AvgIpc) is 3.14. The molecular formula is C17H19N3O9S. The van der Waals surface area contributed by atoms with Gasteiger partial charge < -0.3 is 30.5 Å². The lowest BCUT2D eigenvalue weighted by Crippen LogP contribution is -2.32. The fourth-order valence-corrected chi connectivity index (χ4v) is 3.09. The third kappa shape index (κ3) is 5.39. The van der Waals surface area contributed by atoms with Crippen LogP contribution in [0.3, 0.4) is 0 Å².